The van der Waals surface area contributed by atoms with Crippen molar-refractivity contribution >= 4 is 23.3 Å². The summed E-state index contributed by atoms with van der Waals surface area (Å²) >= 11 is 6.14. The van der Waals surface area contributed by atoms with Crippen molar-refractivity contribution in [3.63, 3.8) is 0 Å². The van der Waals surface area contributed by atoms with Crippen LogP contribution in [-0.4, -0.2) is 11.0 Å². The van der Waals surface area contributed by atoms with Crippen LogP contribution in [0.2, 0.25) is 5.02 Å². The number of benzene rings is 3. The van der Waals surface area contributed by atoms with Crippen LogP contribution < -0.4 is 10.6 Å². The first-order valence-electron chi connectivity index (χ1n) is 11.3. The van der Waals surface area contributed by atoms with E-state index in [0.29, 0.717) is 16.3 Å². The van der Waals surface area contributed by atoms with Crippen LogP contribution in [0.15, 0.2) is 91.1 Å². The Morgan fingerprint density at radius 1 is 0.919 bits per heavy atom. The lowest BCUT2D eigenvalue weighted by molar-refractivity contribution is -0.137. The van der Waals surface area contributed by atoms with Crippen molar-refractivity contribution in [2.45, 2.75) is 25.1 Å². The van der Waals surface area contributed by atoms with E-state index in [1.807, 2.05) is 6.07 Å². The first-order valence-corrected chi connectivity index (χ1v) is 11.6. The van der Waals surface area contributed by atoms with E-state index in [9.17, 15) is 22.4 Å². The molecule has 0 saturated heterocycles. The number of carbonyl (C=O) groups excluding carboxylic acids is 1. The van der Waals surface area contributed by atoms with Gasteiger partial charge in [0.15, 0.2) is 0 Å². The molecule has 1 atom stereocenters. The van der Waals surface area contributed by atoms with Gasteiger partial charge in [-0.1, -0.05) is 60.1 Å². The zero-order chi connectivity index (χ0) is 26.6. The molecule has 0 radical (unpaired) electrons. The van der Waals surface area contributed by atoms with Crippen molar-refractivity contribution in [1.29, 1.82) is 0 Å². The van der Waals surface area contributed by atoms with Crippen LogP contribution in [0.1, 0.15) is 27.9 Å². The molecule has 4 aromatic rings. The molecule has 0 bridgehead atoms. The molecule has 4 nitrogen and oxygen atoms in total. The van der Waals surface area contributed by atoms with Gasteiger partial charge < -0.3 is 10.6 Å². The van der Waals surface area contributed by atoms with Crippen molar-refractivity contribution < 1.29 is 22.4 Å². The van der Waals surface area contributed by atoms with Gasteiger partial charge in [-0.05, 0) is 60.0 Å². The molecule has 190 valence electrons. The SMILES string of the molecule is Cc1cc(Cl)cnc1C(Cc1ccccc1)(NC(=O)Nc1cccc(F)c1)c1cccc(C(F)(F)F)c1. The van der Waals surface area contributed by atoms with E-state index < -0.39 is 29.1 Å². The average Bonchev–Trinajstić information content (AvgIpc) is 2.84. The number of alkyl halides is 3. The lowest BCUT2D eigenvalue weighted by Gasteiger charge is -2.36. The second kappa shape index (κ2) is 10.6. The Morgan fingerprint density at radius 2 is 1.62 bits per heavy atom. The van der Waals surface area contributed by atoms with Crippen LogP contribution in [0.4, 0.5) is 28.0 Å². The first kappa shape index (κ1) is 26.2. The molecule has 9 heteroatoms. The Labute approximate surface area is 216 Å². The number of amides is 2. The molecule has 0 aliphatic carbocycles. The summed E-state index contributed by atoms with van der Waals surface area (Å²) < 4.78 is 54.9. The normalized spacial score (nSPS) is 13.0. The van der Waals surface area contributed by atoms with Gasteiger partial charge in [0.05, 0.1) is 16.3 Å². The summed E-state index contributed by atoms with van der Waals surface area (Å²) in [5, 5.41) is 5.78. The first-order chi connectivity index (χ1) is 17.6. The number of nitrogens with one attached hydrogen (secondary N) is 2. The maximum absolute atomic E-state index is 13.7. The minimum absolute atomic E-state index is 0.0706. The van der Waals surface area contributed by atoms with Crippen molar-refractivity contribution in [3.05, 3.63) is 130 Å². The third kappa shape index (κ3) is 6.09. The van der Waals surface area contributed by atoms with E-state index in [1.54, 1.807) is 37.3 Å². The summed E-state index contributed by atoms with van der Waals surface area (Å²) in [6.45, 7) is 1.72. The number of pyridine rings is 1. The van der Waals surface area contributed by atoms with Crippen LogP contribution in [-0.2, 0) is 18.1 Å². The lowest BCUT2D eigenvalue weighted by atomic mass is 9.78. The number of aromatic nitrogens is 1. The number of aryl methyl sites for hydroxylation is 1. The Bertz CT molecular complexity index is 1410. The van der Waals surface area contributed by atoms with Crippen LogP contribution in [0.5, 0.6) is 0 Å². The van der Waals surface area contributed by atoms with Gasteiger partial charge in [-0.25, -0.2) is 9.18 Å². The van der Waals surface area contributed by atoms with Gasteiger partial charge in [0, 0.05) is 18.3 Å². The maximum atomic E-state index is 13.7. The third-order valence-corrected chi connectivity index (χ3v) is 6.06. The molecule has 4 rings (SSSR count). The fourth-order valence-corrected chi connectivity index (χ4v) is 4.48. The predicted molar refractivity (Wildman–Crippen MR) is 135 cm³/mol. The Kier molecular flexibility index (Phi) is 7.50. The monoisotopic (exact) mass is 527 g/mol. The van der Waals surface area contributed by atoms with Crippen LogP contribution >= 0.6 is 11.6 Å². The fraction of sp³-hybridized carbons (Fsp3) is 0.143. The molecule has 0 spiro atoms. The molecule has 1 aromatic heterocycles. The molecule has 37 heavy (non-hydrogen) atoms. The molecule has 0 aliphatic heterocycles. The molecule has 0 aliphatic rings. The quantitative estimate of drug-likeness (QED) is 0.255. The van der Waals surface area contributed by atoms with Crippen LogP contribution in [0.25, 0.3) is 0 Å². The Hall–Kier alpha value is -3.91. The van der Waals surface area contributed by atoms with Crippen molar-refractivity contribution in [2.24, 2.45) is 0 Å². The van der Waals surface area contributed by atoms with Crippen molar-refractivity contribution in [2.75, 3.05) is 5.32 Å². The summed E-state index contributed by atoms with van der Waals surface area (Å²) in [5.41, 5.74) is -0.464. The zero-order valence-corrected chi connectivity index (χ0v) is 20.4. The molecule has 2 amide bonds. The van der Waals surface area contributed by atoms with Gasteiger partial charge in [0.2, 0.25) is 0 Å². The summed E-state index contributed by atoms with van der Waals surface area (Å²) in [5.74, 6) is -0.554. The lowest BCUT2D eigenvalue weighted by Crippen LogP contribution is -2.51. The molecule has 3 aromatic carbocycles. The second-order valence-electron chi connectivity index (χ2n) is 8.55. The molecular weight excluding hydrogens is 506 g/mol. The van der Waals surface area contributed by atoms with E-state index >= 15 is 0 Å². The second-order valence-corrected chi connectivity index (χ2v) is 8.99. The molecule has 1 heterocycles. The number of hydrogen-bond donors (Lipinski definition) is 2. The number of halogens is 5. The smallest absolute Gasteiger partial charge is 0.322 e. The fourth-order valence-electron chi connectivity index (χ4n) is 4.27. The molecular formula is C28H22ClF4N3O. The Balaban J connectivity index is 1.91. The highest BCUT2D eigenvalue weighted by Crippen LogP contribution is 2.38. The molecule has 1 unspecified atom stereocenters. The Morgan fingerprint density at radius 3 is 2.30 bits per heavy atom. The predicted octanol–water partition coefficient (Wildman–Crippen LogP) is 7.51. The van der Waals surface area contributed by atoms with Gasteiger partial charge in [-0.2, -0.15) is 13.2 Å². The number of nitrogens with zero attached hydrogens (tertiary/aromatic N) is 1. The summed E-state index contributed by atoms with van der Waals surface area (Å²) in [7, 11) is 0. The van der Waals surface area contributed by atoms with E-state index in [4.69, 9.17) is 11.6 Å². The van der Waals surface area contributed by atoms with Gasteiger partial charge in [-0.15, -0.1) is 0 Å². The van der Waals surface area contributed by atoms with Crippen LogP contribution in [0, 0.1) is 12.7 Å². The third-order valence-electron chi connectivity index (χ3n) is 5.85. The summed E-state index contributed by atoms with van der Waals surface area (Å²) in [6.07, 6.45) is -3.16. The van der Waals surface area contributed by atoms with Crippen molar-refractivity contribution in [1.82, 2.24) is 10.3 Å². The van der Waals surface area contributed by atoms with E-state index in [2.05, 4.69) is 15.6 Å². The van der Waals surface area contributed by atoms with Gasteiger partial charge >= 0.3 is 12.2 Å². The molecule has 0 fully saturated rings. The zero-order valence-electron chi connectivity index (χ0n) is 19.6. The largest absolute Gasteiger partial charge is 0.416 e. The molecule has 0 saturated carbocycles. The topological polar surface area (TPSA) is 54.0 Å². The number of rotatable bonds is 6. The highest BCUT2D eigenvalue weighted by Gasteiger charge is 2.41. The number of anilines is 1. The minimum Gasteiger partial charge on any atom is -0.322 e. The number of hydrogen-bond acceptors (Lipinski definition) is 2. The van der Waals surface area contributed by atoms with E-state index in [0.717, 1.165) is 23.8 Å². The van der Waals surface area contributed by atoms with E-state index in [-0.39, 0.29) is 17.7 Å². The maximum Gasteiger partial charge on any atom is 0.416 e. The molecule has 2 N–H and O–H groups in total. The standard InChI is InChI=1S/C28H22ClF4N3O/c1-18-13-22(29)17-34-25(18)27(16-19-7-3-2-4-8-19,20-9-5-10-21(14-20)28(31,32)33)36-26(37)35-24-12-6-11-23(30)15-24/h2-15,17H,16H2,1H3,(H2,35,36,37). The van der Waals surface area contributed by atoms with Crippen LogP contribution in [0.3, 0.4) is 0 Å². The van der Waals surface area contributed by atoms with Gasteiger partial charge in [0.1, 0.15) is 11.4 Å². The summed E-state index contributed by atoms with van der Waals surface area (Å²) in [4.78, 5) is 17.8. The summed E-state index contributed by atoms with van der Waals surface area (Å²) in [6, 6.07) is 19.9. The average molecular weight is 528 g/mol. The highest BCUT2D eigenvalue weighted by molar-refractivity contribution is 6.30. The number of urea groups is 1. The van der Waals surface area contributed by atoms with Crippen molar-refractivity contribution in [3.8, 4) is 0 Å². The highest BCUT2D eigenvalue weighted by atomic mass is 35.5. The minimum atomic E-state index is -4.61. The number of carbonyl (C=O) groups is 1. The van der Waals surface area contributed by atoms with Gasteiger partial charge in [-0.3, -0.25) is 4.98 Å². The van der Waals surface area contributed by atoms with E-state index in [1.165, 1.54) is 36.5 Å². The van der Waals surface area contributed by atoms with Gasteiger partial charge in [0.25, 0.3) is 0 Å².